The number of thiazole rings is 1. The molecule has 4 aliphatic rings. The molecule has 4 saturated heterocycles. The molecule has 24 heavy (non-hydrogen) atoms. The SMILES string of the molecule is NC1OCC2(CN3CCC2CC3)N1c1ncc(-c2ccccc2)s1. The van der Waals surface area contributed by atoms with Crippen molar-refractivity contribution in [2.45, 2.75) is 24.7 Å². The molecule has 2 aromatic rings. The van der Waals surface area contributed by atoms with Crippen LogP contribution >= 0.6 is 11.3 Å². The van der Waals surface area contributed by atoms with Gasteiger partial charge in [-0.1, -0.05) is 41.7 Å². The van der Waals surface area contributed by atoms with Crippen molar-refractivity contribution in [3.05, 3.63) is 36.5 Å². The number of aromatic nitrogens is 1. The summed E-state index contributed by atoms with van der Waals surface area (Å²) in [6.07, 6.45) is 4.06. The number of nitrogens with two attached hydrogens (primary N) is 1. The molecule has 0 saturated carbocycles. The molecule has 4 fully saturated rings. The van der Waals surface area contributed by atoms with Crippen LogP contribution in [-0.4, -0.2) is 48.0 Å². The summed E-state index contributed by atoms with van der Waals surface area (Å²) < 4.78 is 5.92. The summed E-state index contributed by atoms with van der Waals surface area (Å²) in [7, 11) is 0. The van der Waals surface area contributed by atoms with Crippen LogP contribution in [0.3, 0.4) is 0 Å². The van der Waals surface area contributed by atoms with Crippen molar-refractivity contribution >= 4 is 16.5 Å². The molecule has 5 heterocycles. The fraction of sp³-hybridized carbons (Fsp3) is 0.500. The van der Waals surface area contributed by atoms with Gasteiger partial charge in [0.2, 0.25) is 0 Å². The summed E-state index contributed by atoms with van der Waals surface area (Å²) in [5.41, 5.74) is 7.56. The number of piperidine rings is 3. The Balaban J connectivity index is 1.52. The van der Waals surface area contributed by atoms with Gasteiger partial charge in [0, 0.05) is 12.7 Å². The van der Waals surface area contributed by atoms with Crippen LogP contribution in [0, 0.1) is 5.92 Å². The average molecular weight is 342 g/mol. The van der Waals surface area contributed by atoms with Gasteiger partial charge in [0.15, 0.2) is 11.5 Å². The largest absolute Gasteiger partial charge is 0.343 e. The molecule has 0 aliphatic carbocycles. The average Bonchev–Trinajstić information content (AvgIpc) is 3.22. The molecule has 6 heteroatoms. The Labute approximate surface area is 146 Å². The zero-order chi connectivity index (χ0) is 16.1. The lowest BCUT2D eigenvalue weighted by Crippen LogP contribution is -2.68. The van der Waals surface area contributed by atoms with Crippen molar-refractivity contribution in [1.29, 1.82) is 0 Å². The van der Waals surface area contributed by atoms with E-state index in [1.165, 1.54) is 36.4 Å². The number of nitrogens with zero attached hydrogens (tertiary/aromatic N) is 3. The highest BCUT2D eigenvalue weighted by Crippen LogP contribution is 2.47. The van der Waals surface area contributed by atoms with Crippen LogP contribution in [0.5, 0.6) is 0 Å². The molecule has 5 nitrogen and oxygen atoms in total. The quantitative estimate of drug-likeness (QED) is 0.908. The van der Waals surface area contributed by atoms with E-state index in [1.54, 1.807) is 11.3 Å². The van der Waals surface area contributed by atoms with Crippen molar-refractivity contribution < 1.29 is 4.74 Å². The normalized spacial score (nSPS) is 35.0. The van der Waals surface area contributed by atoms with E-state index in [4.69, 9.17) is 15.5 Å². The van der Waals surface area contributed by atoms with Crippen molar-refractivity contribution in [1.82, 2.24) is 9.88 Å². The number of hydrogen-bond acceptors (Lipinski definition) is 6. The zero-order valence-corrected chi connectivity index (χ0v) is 14.4. The predicted molar refractivity (Wildman–Crippen MR) is 95.9 cm³/mol. The second kappa shape index (κ2) is 5.52. The van der Waals surface area contributed by atoms with Gasteiger partial charge in [-0.25, -0.2) is 4.98 Å². The van der Waals surface area contributed by atoms with Gasteiger partial charge in [-0.2, -0.15) is 0 Å². The molecule has 0 radical (unpaired) electrons. The first-order valence-electron chi connectivity index (χ1n) is 8.66. The maximum Gasteiger partial charge on any atom is 0.189 e. The van der Waals surface area contributed by atoms with Crippen molar-refractivity contribution in [3.63, 3.8) is 0 Å². The topological polar surface area (TPSA) is 54.6 Å². The third-order valence-electron chi connectivity index (χ3n) is 5.84. The van der Waals surface area contributed by atoms with Crippen molar-refractivity contribution in [2.75, 3.05) is 31.1 Å². The lowest BCUT2D eigenvalue weighted by molar-refractivity contribution is 0.0170. The van der Waals surface area contributed by atoms with E-state index in [-0.39, 0.29) is 11.9 Å². The second-order valence-corrected chi connectivity index (χ2v) is 8.11. The minimum absolute atomic E-state index is 0.00171. The van der Waals surface area contributed by atoms with E-state index in [2.05, 4.69) is 34.1 Å². The van der Waals surface area contributed by atoms with Gasteiger partial charge >= 0.3 is 0 Å². The van der Waals surface area contributed by atoms with Crippen LogP contribution in [0.25, 0.3) is 10.4 Å². The number of hydrogen-bond donors (Lipinski definition) is 1. The maximum atomic E-state index is 6.35. The monoisotopic (exact) mass is 342 g/mol. The molecular weight excluding hydrogens is 320 g/mol. The van der Waals surface area contributed by atoms with E-state index in [0.29, 0.717) is 5.92 Å². The van der Waals surface area contributed by atoms with Crippen LogP contribution < -0.4 is 10.6 Å². The lowest BCUT2D eigenvalue weighted by atomic mass is 9.73. The summed E-state index contributed by atoms with van der Waals surface area (Å²) in [5.74, 6) is 0.653. The third kappa shape index (κ3) is 2.14. The first-order valence-corrected chi connectivity index (χ1v) is 9.48. The summed E-state index contributed by atoms with van der Waals surface area (Å²) >= 11 is 1.72. The fourth-order valence-electron chi connectivity index (χ4n) is 4.62. The van der Waals surface area contributed by atoms with Gasteiger partial charge in [-0.15, -0.1) is 0 Å². The molecule has 2 atom stereocenters. The van der Waals surface area contributed by atoms with E-state index >= 15 is 0 Å². The highest BCUT2D eigenvalue weighted by molar-refractivity contribution is 7.18. The standard InChI is InChI=1S/C18H22N4OS/c19-16-22(17-20-10-15(24-17)13-4-2-1-3-5-13)18(12-23-16)11-21-8-6-14(18)7-9-21/h1-5,10,14,16H,6-9,11-12,19H2. The molecule has 4 aliphatic heterocycles. The van der Waals surface area contributed by atoms with Crippen molar-refractivity contribution in [3.8, 4) is 10.4 Å². The van der Waals surface area contributed by atoms with Gasteiger partial charge in [0.25, 0.3) is 0 Å². The fourth-order valence-corrected chi connectivity index (χ4v) is 5.67. The van der Waals surface area contributed by atoms with E-state index in [0.717, 1.165) is 18.3 Å². The Morgan fingerprint density at radius 2 is 2.00 bits per heavy atom. The summed E-state index contributed by atoms with van der Waals surface area (Å²) in [4.78, 5) is 10.7. The highest BCUT2D eigenvalue weighted by atomic mass is 32.1. The molecule has 2 N–H and O–H groups in total. The molecular formula is C18H22N4OS. The maximum absolute atomic E-state index is 6.35. The minimum atomic E-state index is -0.389. The van der Waals surface area contributed by atoms with Gasteiger partial charge in [0.05, 0.1) is 17.0 Å². The predicted octanol–water partition coefficient (Wildman–Crippen LogP) is 2.35. The highest BCUT2D eigenvalue weighted by Gasteiger charge is 2.56. The third-order valence-corrected chi connectivity index (χ3v) is 6.89. The number of rotatable bonds is 2. The van der Waals surface area contributed by atoms with Crippen LogP contribution in [0.4, 0.5) is 5.13 Å². The summed E-state index contributed by atoms with van der Waals surface area (Å²) in [5, 5.41) is 0.993. The molecule has 2 bridgehead atoms. The number of anilines is 1. The second-order valence-electron chi connectivity index (χ2n) is 7.10. The van der Waals surface area contributed by atoms with E-state index in [9.17, 15) is 0 Å². The Kier molecular flexibility index (Phi) is 3.42. The Morgan fingerprint density at radius 1 is 1.21 bits per heavy atom. The van der Waals surface area contributed by atoms with Gasteiger partial charge in [-0.05, 0) is 37.4 Å². The molecule has 1 aromatic carbocycles. The van der Waals surface area contributed by atoms with Crippen LogP contribution in [0.2, 0.25) is 0 Å². The van der Waals surface area contributed by atoms with Gasteiger partial charge in [0.1, 0.15) is 0 Å². The Hall–Kier alpha value is -1.47. The van der Waals surface area contributed by atoms with E-state index < -0.39 is 0 Å². The number of fused-ring (bicyclic) bond motifs is 2. The minimum Gasteiger partial charge on any atom is -0.343 e. The molecule has 6 rings (SSSR count). The number of ether oxygens (including phenoxy) is 1. The van der Waals surface area contributed by atoms with Crippen LogP contribution in [0.1, 0.15) is 12.8 Å². The number of benzene rings is 1. The van der Waals surface area contributed by atoms with Gasteiger partial charge < -0.3 is 14.5 Å². The molecule has 0 amide bonds. The molecule has 2 unspecified atom stereocenters. The van der Waals surface area contributed by atoms with Crippen molar-refractivity contribution in [2.24, 2.45) is 11.7 Å². The Bertz CT molecular complexity index is 728. The van der Waals surface area contributed by atoms with Crippen LogP contribution in [0.15, 0.2) is 36.5 Å². The molecule has 1 aromatic heterocycles. The summed E-state index contributed by atoms with van der Waals surface area (Å²) in [6.45, 7) is 4.19. The first-order chi connectivity index (χ1) is 11.8. The Morgan fingerprint density at radius 3 is 2.71 bits per heavy atom. The molecule has 126 valence electrons. The molecule has 1 spiro atoms. The van der Waals surface area contributed by atoms with Gasteiger partial charge in [-0.3, -0.25) is 5.73 Å². The van der Waals surface area contributed by atoms with Crippen LogP contribution in [-0.2, 0) is 4.74 Å². The first kappa shape index (κ1) is 14.8. The summed E-state index contributed by atoms with van der Waals surface area (Å²) in [6, 6.07) is 10.4. The lowest BCUT2D eigenvalue weighted by Gasteiger charge is -2.54. The van der Waals surface area contributed by atoms with E-state index in [1.807, 2.05) is 12.3 Å². The zero-order valence-electron chi connectivity index (χ0n) is 13.6. The smallest absolute Gasteiger partial charge is 0.189 e.